The second kappa shape index (κ2) is 3.57. The first-order chi connectivity index (χ1) is 5.24. The minimum Gasteiger partial charge on any atom is -0.300 e. The summed E-state index contributed by atoms with van der Waals surface area (Å²) in [5, 5.41) is 0. The van der Waals surface area contributed by atoms with Crippen molar-refractivity contribution in [3.63, 3.8) is 0 Å². The van der Waals surface area contributed by atoms with Crippen LogP contribution >= 0.6 is 0 Å². The van der Waals surface area contributed by atoms with Gasteiger partial charge in [0, 0.05) is 11.8 Å². The first-order valence-corrected chi connectivity index (χ1v) is 4.20. The molecule has 0 unspecified atom stereocenters. The Kier molecular flexibility index (Phi) is 2.70. The van der Waals surface area contributed by atoms with E-state index in [1.54, 1.807) is 6.92 Å². The van der Waals surface area contributed by atoms with Crippen LogP contribution in [0.25, 0.3) is 0 Å². The van der Waals surface area contributed by atoms with E-state index in [0.29, 0.717) is 17.6 Å². The SMILES string of the molecule is C#CC1CCC(C(C)=O)CC1. The van der Waals surface area contributed by atoms with Crippen molar-refractivity contribution in [2.45, 2.75) is 32.6 Å². The van der Waals surface area contributed by atoms with Crippen molar-refractivity contribution >= 4 is 5.78 Å². The van der Waals surface area contributed by atoms with E-state index < -0.39 is 0 Å². The highest BCUT2D eigenvalue weighted by molar-refractivity contribution is 5.78. The third-order valence-corrected chi connectivity index (χ3v) is 2.54. The van der Waals surface area contributed by atoms with Crippen LogP contribution in [-0.4, -0.2) is 5.78 Å². The highest BCUT2D eigenvalue weighted by Crippen LogP contribution is 2.28. The largest absolute Gasteiger partial charge is 0.300 e. The van der Waals surface area contributed by atoms with E-state index >= 15 is 0 Å². The first kappa shape index (κ1) is 8.33. The molecule has 0 radical (unpaired) electrons. The minimum absolute atomic E-state index is 0.305. The van der Waals surface area contributed by atoms with E-state index in [4.69, 9.17) is 6.42 Å². The van der Waals surface area contributed by atoms with Crippen LogP contribution in [0.3, 0.4) is 0 Å². The summed E-state index contributed by atoms with van der Waals surface area (Å²) in [5.41, 5.74) is 0. The summed E-state index contributed by atoms with van der Waals surface area (Å²) in [5.74, 6) is 3.83. The molecule has 0 bridgehead atoms. The van der Waals surface area contributed by atoms with Gasteiger partial charge in [0.2, 0.25) is 0 Å². The van der Waals surface area contributed by atoms with E-state index in [-0.39, 0.29) is 0 Å². The zero-order chi connectivity index (χ0) is 8.27. The average Bonchev–Trinajstić information content (AvgIpc) is 2.05. The number of hydrogen-bond donors (Lipinski definition) is 0. The number of terminal acetylenes is 1. The second-order valence-electron chi connectivity index (χ2n) is 3.33. The molecule has 0 atom stereocenters. The quantitative estimate of drug-likeness (QED) is 0.522. The Morgan fingerprint density at radius 1 is 1.36 bits per heavy atom. The van der Waals surface area contributed by atoms with Crippen LogP contribution < -0.4 is 0 Å². The van der Waals surface area contributed by atoms with Crippen LogP contribution in [0.5, 0.6) is 0 Å². The van der Waals surface area contributed by atoms with Crippen LogP contribution in [0.2, 0.25) is 0 Å². The van der Waals surface area contributed by atoms with Crippen LogP contribution in [0.15, 0.2) is 0 Å². The molecular formula is C10H14O. The summed E-state index contributed by atoms with van der Waals surface area (Å²) in [6, 6.07) is 0. The fourth-order valence-corrected chi connectivity index (χ4v) is 1.67. The van der Waals surface area contributed by atoms with Crippen LogP contribution in [0, 0.1) is 24.2 Å². The van der Waals surface area contributed by atoms with Gasteiger partial charge in [-0.15, -0.1) is 12.3 Å². The Labute approximate surface area is 68.2 Å². The average molecular weight is 150 g/mol. The topological polar surface area (TPSA) is 17.1 Å². The van der Waals surface area contributed by atoms with Crippen molar-refractivity contribution in [1.82, 2.24) is 0 Å². The highest BCUT2D eigenvalue weighted by Gasteiger charge is 2.22. The lowest BCUT2D eigenvalue weighted by Gasteiger charge is -2.23. The van der Waals surface area contributed by atoms with Crippen molar-refractivity contribution in [1.29, 1.82) is 0 Å². The van der Waals surface area contributed by atoms with Crippen molar-refractivity contribution in [2.24, 2.45) is 11.8 Å². The summed E-state index contributed by atoms with van der Waals surface area (Å²) in [7, 11) is 0. The number of rotatable bonds is 1. The van der Waals surface area contributed by atoms with Gasteiger partial charge in [-0.25, -0.2) is 0 Å². The maximum Gasteiger partial charge on any atom is 0.132 e. The van der Waals surface area contributed by atoms with Crippen molar-refractivity contribution in [2.75, 3.05) is 0 Å². The van der Waals surface area contributed by atoms with Gasteiger partial charge in [-0.05, 0) is 32.6 Å². The van der Waals surface area contributed by atoms with E-state index in [0.717, 1.165) is 25.7 Å². The molecule has 1 heteroatoms. The lowest BCUT2D eigenvalue weighted by Crippen LogP contribution is -2.18. The lowest BCUT2D eigenvalue weighted by atomic mass is 9.81. The van der Waals surface area contributed by atoms with Crippen LogP contribution in [-0.2, 0) is 4.79 Å². The van der Waals surface area contributed by atoms with Gasteiger partial charge in [0.25, 0.3) is 0 Å². The zero-order valence-corrected chi connectivity index (χ0v) is 6.97. The number of carbonyl (C=O) groups excluding carboxylic acids is 1. The van der Waals surface area contributed by atoms with Crippen molar-refractivity contribution < 1.29 is 4.79 Å². The molecule has 0 aromatic carbocycles. The second-order valence-corrected chi connectivity index (χ2v) is 3.33. The molecule has 0 aliphatic heterocycles. The van der Waals surface area contributed by atoms with Gasteiger partial charge >= 0.3 is 0 Å². The van der Waals surface area contributed by atoms with E-state index in [1.165, 1.54) is 0 Å². The van der Waals surface area contributed by atoms with Gasteiger partial charge < -0.3 is 0 Å². The molecule has 0 saturated heterocycles. The normalized spacial score (nSPS) is 30.9. The number of Topliss-reactive ketones (excluding diaryl/α,β-unsaturated/α-hetero) is 1. The Balaban J connectivity index is 2.37. The predicted molar refractivity (Wildman–Crippen MR) is 45.0 cm³/mol. The summed E-state index contributed by atoms with van der Waals surface area (Å²) in [4.78, 5) is 10.9. The monoisotopic (exact) mass is 150 g/mol. The lowest BCUT2D eigenvalue weighted by molar-refractivity contribution is -0.121. The minimum atomic E-state index is 0.305. The molecule has 0 aromatic rings. The molecule has 0 N–H and O–H groups in total. The molecule has 60 valence electrons. The highest BCUT2D eigenvalue weighted by atomic mass is 16.1. The Hall–Kier alpha value is -0.770. The number of carbonyl (C=O) groups is 1. The van der Waals surface area contributed by atoms with Gasteiger partial charge in [-0.3, -0.25) is 4.79 Å². The summed E-state index contributed by atoms with van der Waals surface area (Å²) in [6.07, 6.45) is 9.38. The molecule has 0 amide bonds. The van der Waals surface area contributed by atoms with Gasteiger partial charge in [-0.2, -0.15) is 0 Å². The number of ketones is 1. The standard InChI is InChI=1S/C10H14O/c1-3-9-4-6-10(7-5-9)8(2)11/h1,9-10H,4-7H2,2H3. The first-order valence-electron chi connectivity index (χ1n) is 4.20. The van der Waals surface area contributed by atoms with Gasteiger partial charge in [0.1, 0.15) is 5.78 Å². The Morgan fingerprint density at radius 2 is 1.91 bits per heavy atom. The molecule has 1 fully saturated rings. The van der Waals surface area contributed by atoms with Crippen molar-refractivity contribution in [3.05, 3.63) is 0 Å². The smallest absolute Gasteiger partial charge is 0.132 e. The molecule has 1 aliphatic rings. The van der Waals surface area contributed by atoms with Crippen LogP contribution in [0.1, 0.15) is 32.6 Å². The fraction of sp³-hybridized carbons (Fsp3) is 0.700. The maximum absolute atomic E-state index is 10.9. The van der Waals surface area contributed by atoms with Crippen LogP contribution in [0.4, 0.5) is 0 Å². The molecule has 1 aliphatic carbocycles. The van der Waals surface area contributed by atoms with E-state index in [1.807, 2.05) is 0 Å². The Morgan fingerprint density at radius 3 is 2.27 bits per heavy atom. The van der Waals surface area contributed by atoms with Crippen molar-refractivity contribution in [3.8, 4) is 12.3 Å². The third kappa shape index (κ3) is 2.08. The maximum atomic E-state index is 10.9. The predicted octanol–water partition coefficient (Wildman–Crippen LogP) is 2.01. The summed E-state index contributed by atoms with van der Waals surface area (Å²) < 4.78 is 0. The van der Waals surface area contributed by atoms with E-state index in [9.17, 15) is 4.79 Å². The Bertz CT molecular complexity index is 180. The molecule has 1 nitrogen and oxygen atoms in total. The molecule has 0 heterocycles. The van der Waals surface area contributed by atoms with Gasteiger partial charge in [0.15, 0.2) is 0 Å². The van der Waals surface area contributed by atoms with Gasteiger partial charge in [-0.1, -0.05) is 0 Å². The zero-order valence-electron chi connectivity index (χ0n) is 6.97. The molecule has 11 heavy (non-hydrogen) atoms. The molecule has 0 spiro atoms. The summed E-state index contributed by atoms with van der Waals surface area (Å²) in [6.45, 7) is 1.68. The number of hydrogen-bond acceptors (Lipinski definition) is 1. The molecule has 1 saturated carbocycles. The van der Waals surface area contributed by atoms with E-state index in [2.05, 4.69) is 5.92 Å². The van der Waals surface area contributed by atoms with Gasteiger partial charge in [0.05, 0.1) is 0 Å². The summed E-state index contributed by atoms with van der Waals surface area (Å²) >= 11 is 0. The molecule has 1 rings (SSSR count). The molecular weight excluding hydrogens is 136 g/mol. The fourth-order valence-electron chi connectivity index (χ4n) is 1.67. The third-order valence-electron chi connectivity index (χ3n) is 2.54. The molecule has 0 aromatic heterocycles.